The van der Waals surface area contributed by atoms with E-state index in [4.69, 9.17) is 0 Å². The molecule has 3 amide bonds. The summed E-state index contributed by atoms with van der Waals surface area (Å²) in [5, 5.41) is 13.6. The Hall–Kier alpha value is -2.13. The highest BCUT2D eigenvalue weighted by Gasteiger charge is 2.25. The quantitative estimate of drug-likeness (QED) is 0.514. The summed E-state index contributed by atoms with van der Waals surface area (Å²) in [5.74, 6) is 1.20. The fraction of sp³-hybridized carbons (Fsp3) is 0.500. The Kier molecular flexibility index (Phi) is 7.13. The molecule has 2 heterocycles. The van der Waals surface area contributed by atoms with Crippen LogP contribution in [0.4, 0.5) is 4.79 Å². The summed E-state index contributed by atoms with van der Waals surface area (Å²) >= 11 is 3.07. The summed E-state index contributed by atoms with van der Waals surface area (Å²) in [7, 11) is 1.47. The Morgan fingerprint density at radius 2 is 2.28 bits per heavy atom. The van der Waals surface area contributed by atoms with Crippen molar-refractivity contribution < 1.29 is 9.59 Å². The number of hydrogen-bond donors (Lipinski definition) is 2. The average Bonchev–Trinajstić information content (AvgIpc) is 3.31. The van der Waals surface area contributed by atoms with E-state index in [9.17, 15) is 9.59 Å². The van der Waals surface area contributed by atoms with Crippen molar-refractivity contribution in [3.8, 4) is 10.7 Å². The van der Waals surface area contributed by atoms with Crippen LogP contribution in [0.5, 0.6) is 0 Å². The second kappa shape index (κ2) is 9.58. The molecule has 9 heteroatoms. The number of carbonyl (C=O) groups excluding carboxylic acids is 2. The number of fused-ring (bicyclic) bond motifs is 1. The molecule has 2 aromatic heterocycles. The molecular formula is C20H27N5O2S2. The van der Waals surface area contributed by atoms with E-state index >= 15 is 0 Å². The second-order valence-corrected chi connectivity index (χ2v) is 9.55. The van der Waals surface area contributed by atoms with Crippen molar-refractivity contribution in [2.24, 2.45) is 5.92 Å². The molecule has 0 aromatic carbocycles. The number of allylic oxidation sites excluding steroid dienone is 1. The topological polar surface area (TPSA) is 88.9 Å². The van der Waals surface area contributed by atoms with Gasteiger partial charge in [0.1, 0.15) is 0 Å². The zero-order chi connectivity index (χ0) is 21.0. The molecule has 0 fully saturated rings. The molecule has 2 aromatic rings. The van der Waals surface area contributed by atoms with E-state index in [1.165, 1.54) is 42.1 Å². The lowest BCUT2D eigenvalue weighted by Gasteiger charge is -2.19. The number of carbonyl (C=O) groups is 2. The van der Waals surface area contributed by atoms with E-state index in [-0.39, 0.29) is 5.91 Å². The summed E-state index contributed by atoms with van der Waals surface area (Å²) in [4.78, 5) is 26.1. The summed E-state index contributed by atoms with van der Waals surface area (Å²) < 4.78 is 1.98. The van der Waals surface area contributed by atoms with E-state index in [1.807, 2.05) is 4.57 Å². The molecule has 156 valence electrons. The van der Waals surface area contributed by atoms with Crippen LogP contribution < -0.4 is 10.6 Å². The van der Waals surface area contributed by atoms with Gasteiger partial charge in [0.05, 0.1) is 10.1 Å². The molecule has 2 N–H and O–H groups in total. The number of hydrogen-bond acceptors (Lipinski definition) is 6. The van der Waals surface area contributed by atoms with Gasteiger partial charge in [0.2, 0.25) is 5.91 Å². The minimum atomic E-state index is -0.523. The van der Waals surface area contributed by atoms with E-state index in [2.05, 4.69) is 40.4 Å². The number of rotatable bonds is 7. The van der Waals surface area contributed by atoms with Crippen LogP contribution in [-0.4, -0.2) is 39.0 Å². The monoisotopic (exact) mass is 433 g/mol. The molecule has 0 bridgehead atoms. The van der Waals surface area contributed by atoms with Crippen LogP contribution in [0.1, 0.15) is 37.1 Å². The maximum Gasteiger partial charge on any atom is 0.321 e. The van der Waals surface area contributed by atoms with E-state index in [0.717, 1.165) is 29.5 Å². The van der Waals surface area contributed by atoms with Gasteiger partial charge in [-0.1, -0.05) is 31.2 Å². The third-order valence-corrected chi connectivity index (χ3v) is 7.44. The first-order valence-electron chi connectivity index (χ1n) is 9.82. The van der Waals surface area contributed by atoms with Gasteiger partial charge in [-0.3, -0.25) is 14.7 Å². The smallest absolute Gasteiger partial charge is 0.321 e. The largest absolute Gasteiger partial charge is 0.341 e. The van der Waals surface area contributed by atoms with Gasteiger partial charge in [0.15, 0.2) is 11.0 Å². The van der Waals surface area contributed by atoms with Gasteiger partial charge in [0, 0.05) is 18.5 Å². The first kappa shape index (κ1) is 21.6. The van der Waals surface area contributed by atoms with Gasteiger partial charge in [-0.2, -0.15) is 0 Å². The van der Waals surface area contributed by atoms with Crippen LogP contribution in [0.2, 0.25) is 0 Å². The fourth-order valence-corrected chi connectivity index (χ4v) is 5.46. The Morgan fingerprint density at radius 3 is 2.97 bits per heavy atom. The van der Waals surface area contributed by atoms with Crippen LogP contribution in [0.15, 0.2) is 23.9 Å². The molecule has 2 atom stereocenters. The molecule has 29 heavy (non-hydrogen) atoms. The van der Waals surface area contributed by atoms with E-state index in [0.29, 0.717) is 11.7 Å². The van der Waals surface area contributed by atoms with Gasteiger partial charge in [-0.15, -0.1) is 28.1 Å². The van der Waals surface area contributed by atoms with Gasteiger partial charge in [-0.25, -0.2) is 4.79 Å². The highest BCUT2D eigenvalue weighted by molar-refractivity contribution is 8.00. The minimum absolute atomic E-state index is 0.374. The number of aromatic nitrogens is 3. The van der Waals surface area contributed by atoms with Crippen LogP contribution in [0, 0.1) is 5.92 Å². The van der Waals surface area contributed by atoms with Gasteiger partial charge in [-0.05, 0) is 43.7 Å². The second-order valence-electron chi connectivity index (χ2n) is 7.11. The molecule has 1 aliphatic carbocycles. The van der Waals surface area contributed by atoms with Crippen molar-refractivity contribution in [2.75, 3.05) is 7.05 Å². The summed E-state index contributed by atoms with van der Waals surface area (Å²) in [5.41, 5.74) is 1.43. The lowest BCUT2D eigenvalue weighted by Crippen LogP contribution is -2.41. The van der Waals surface area contributed by atoms with Crippen LogP contribution in [0.25, 0.3) is 10.7 Å². The SMILES string of the molecule is C=CCn1c(S[C@@H](C)C(=O)NC(=O)NC)nnc1-c1cc2c(s1)CC[C@@H](CC)C2. The van der Waals surface area contributed by atoms with Crippen LogP contribution in [0.3, 0.4) is 0 Å². The molecule has 0 saturated carbocycles. The molecule has 7 nitrogen and oxygen atoms in total. The normalized spacial score (nSPS) is 16.7. The lowest BCUT2D eigenvalue weighted by atomic mass is 9.87. The fourth-order valence-electron chi connectivity index (χ4n) is 3.40. The van der Waals surface area contributed by atoms with Crippen LogP contribution >= 0.6 is 23.1 Å². The van der Waals surface area contributed by atoms with Crippen molar-refractivity contribution in [3.63, 3.8) is 0 Å². The molecule has 0 spiro atoms. The molecular weight excluding hydrogens is 406 g/mol. The highest BCUT2D eigenvalue weighted by atomic mass is 32.2. The predicted molar refractivity (Wildman–Crippen MR) is 117 cm³/mol. The molecule has 1 aliphatic rings. The van der Waals surface area contributed by atoms with Crippen molar-refractivity contribution >= 4 is 35.0 Å². The number of nitrogens with one attached hydrogen (secondary N) is 2. The molecule has 0 radical (unpaired) electrons. The van der Waals surface area contributed by atoms with Crippen molar-refractivity contribution in [1.82, 2.24) is 25.4 Å². The highest BCUT2D eigenvalue weighted by Crippen LogP contribution is 2.38. The standard InChI is InChI=1S/C20H27N5O2S2/c1-5-9-25-17(16-11-14-10-13(6-2)7-8-15(14)29-16)23-24-20(25)28-12(3)18(26)22-19(27)21-4/h5,11-13H,1,6-10H2,2-4H3,(H2,21,22,26,27)/t12-,13+/m0/s1. The Labute approximate surface area is 179 Å². The zero-order valence-electron chi connectivity index (χ0n) is 17.0. The Balaban J connectivity index is 1.82. The molecule has 0 unspecified atom stereocenters. The number of thiophene rings is 1. The summed E-state index contributed by atoms with van der Waals surface area (Å²) in [6.45, 7) is 8.40. The van der Waals surface area contributed by atoms with Crippen molar-refractivity contribution in [3.05, 3.63) is 29.2 Å². The first-order chi connectivity index (χ1) is 14.0. The van der Waals surface area contributed by atoms with Crippen LogP contribution in [-0.2, 0) is 24.2 Å². The van der Waals surface area contributed by atoms with E-state index < -0.39 is 11.3 Å². The number of thioether (sulfide) groups is 1. The molecule has 0 saturated heterocycles. The number of amides is 3. The maximum atomic E-state index is 12.2. The summed E-state index contributed by atoms with van der Waals surface area (Å²) in [6, 6.07) is 1.73. The number of imide groups is 1. The predicted octanol–water partition coefficient (Wildman–Crippen LogP) is 3.64. The van der Waals surface area contributed by atoms with Gasteiger partial charge in [0.25, 0.3) is 0 Å². The van der Waals surface area contributed by atoms with E-state index in [1.54, 1.807) is 24.3 Å². The molecule has 0 aliphatic heterocycles. The number of aryl methyl sites for hydroxylation is 1. The first-order valence-corrected chi connectivity index (χ1v) is 11.5. The lowest BCUT2D eigenvalue weighted by molar-refractivity contribution is -0.119. The zero-order valence-corrected chi connectivity index (χ0v) is 18.7. The number of urea groups is 1. The maximum absolute atomic E-state index is 12.2. The summed E-state index contributed by atoms with van der Waals surface area (Å²) in [6.07, 6.45) is 6.53. The van der Waals surface area contributed by atoms with Crippen molar-refractivity contribution in [2.45, 2.75) is 56.5 Å². The third kappa shape index (κ3) is 4.90. The number of nitrogens with zero attached hydrogens (tertiary/aromatic N) is 3. The van der Waals surface area contributed by atoms with Gasteiger partial charge < -0.3 is 5.32 Å². The molecule has 3 rings (SSSR count). The average molecular weight is 434 g/mol. The minimum Gasteiger partial charge on any atom is -0.341 e. The van der Waals surface area contributed by atoms with Gasteiger partial charge >= 0.3 is 6.03 Å². The Bertz CT molecular complexity index is 905. The Morgan fingerprint density at radius 1 is 1.48 bits per heavy atom. The third-order valence-electron chi connectivity index (χ3n) is 5.13. The van der Waals surface area contributed by atoms with Crippen molar-refractivity contribution in [1.29, 1.82) is 0 Å².